The van der Waals surface area contributed by atoms with Crippen molar-refractivity contribution in [3.8, 4) is 0 Å². The maximum Gasteiger partial charge on any atom is 0.0263 e. The molecule has 0 aliphatic heterocycles. The lowest BCUT2D eigenvalue weighted by atomic mass is 10.4. The molecule has 0 aromatic rings. The van der Waals surface area contributed by atoms with Crippen molar-refractivity contribution in [1.82, 2.24) is 5.32 Å². The van der Waals surface area contributed by atoms with Crippen LogP contribution < -0.4 is 5.32 Å². The van der Waals surface area contributed by atoms with Gasteiger partial charge in [-0.2, -0.15) is 0 Å². The predicted octanol–water partition coefficient (Wildman–Crippen LogP) is 1.69. The minimum absolute atomic E-state index is 0.948. The second kappa shape index (κ2) is 4.44. The molecule has 1 nitrogen and oxygen atoms in total. The summed E-state index contributed by atoms with van der Waals surface area (Å²) in [6.07, 6.45) is 3.91. The van der Waals surface area contributed by atoms with Crippen LogP contribution >= 0.6 is 0 Å². The summed E-state index contributed by atoms with van der Waals surface area (Å²) in [5.74, 6) is 0. The average molecular weight is 111 g/mol. The van der Waals surface area contributed by atoms with E-state index in [1.807, 2.05) is 19.1 Å². The molecule has 0 unspecified atom stereocenters. The van der Waals surface area contributed by atoms with E-state index in [1.165, 1.54) is 0 Å². The third kappa shape index (κ3) is 3.47. The molecule has 0 atom stereocenters. The minimum Gasteiger partial charge on any atom is -0.386 e. The van der Waals surface area contributed by atoms with Gasteiger partial charge in [0.05, 0.1) is 0 Å². The van der Waals surface area contributed by atoms with Crippen LogP contribution in [0.15, 0.2) is 24.4 Å². The van der Waals surface area contributed by atoms with Crippen molar-refractivity contribution in [1.29, 1.82) is 0 Å². The van der Waals surface area contributed by atoms with Crippen LogP contribution in [0.1, 0.15) is 13.8 Å². The van der Waals surface area contributed by atoms with Crippen molar-refractivity contribution in [2.24, 2.45) is 0 Å². The molecule has 0 aliphatic carbocycles. The first-order valence-electron chi connectivity index (χ1n) is 2.86. The van der Waals surface area contributed by atoms with E-state index in [4.69, 9.17) is 0 Å². The van der Waals surface area contributed by atoms with Gasteiger partial charge in [-0.3, -0.25) is 0 Å². The van der Waals surface area contributed by atoms with Crippen molar-refractivity contribution < 1.29 is 0 Å². The van der Waals surface area contributed by atoms with Crippen LogP contribution in [0.3, 0.4) is 0 Å². The molecule has 0 heterocycles. The van der Waals surface area contributed by atoms with Crippen LogP contribution in [0.5, 0.6) is 0 Å². The van der Waals surface area contributed by atoms with Crippen LogP contribution in [0.25, 0.3) is 0 Å². The van der Waals surface area contributed by atoms with E-state index in [-0.39, 0.29) is 0 Å². The normalized spacial score (nSPS) is 9.75. The van der Waals surface area contributed by atoms with Gasteiger partial charge < -0.3 is 5.32 Å². The van der Waals surface area contributed by atoms with Crippen LogP contribution in [-0.4, -0.2) is 6.54 Å². The molecule has 0 amide bonds. The van der Waals surface area contributed by atoms with E-state index in [1.54, 1.807) is 0 Å². The topological polar surface area (TPSA) is 12.0 Å². The summed E-state index contributed by atoms with van der Waals surface area (Å²) in [5, 5.41) is 3.07. The molecule has 0 aliphatic rings. The summed E-state index contributed by atoms with van der Waals surface area (Å²) >= 11 is 0. The molecule has 0 saturated carbocycles. The van der Waals surface area contributed by atoms with Gasteiger partial charge in [-0.15, -0.1) is 0 Å². The van der Waals surface area contributed by atoms with Gasteiger partial charge in [0.15, 0.2) is 0 Å². The highest BCUT2D eigenvalue weighted by Gasteiger charge is 1.77. The predicted molar refractivity (Wildman–Crippen MR) is 37.6 cm³/mol. The van der Waals surface area contributed by atoms with Gasteiger partial charge in [0.1, 0.15) is 0 Å². The second-order valence-corrected chi connectivity index (χ2v) is 1.56. The Balaban J connectivity index is 3.33. The maximum absolute atomic E-state index is 3.74. The van der Waals surface area contributed by atoms with Crippen molar-refractivity contribution in [2.45, 2.75) is 13.8 Å². The summed E-state index contributed by atoms with van der Waals surface area (Å²) in [7, 11) is 0. The summed E-state index contributed by atoms with van der Waals surface area (Å²) in [6, 6.07) is 0. The highest BCUT2D eigenvalue weighted by atomic mass is 14.8. The molecule has 0 saturated heterocycles. The van der Waals surface area contributed by atoms with E-state index < -0.39 is 0 Å². The standard InChI is InChI=1S/C7H13N/c1-4-6-7(3)8-5-2/h4,6,8H,3,5H2,1-2H3/b6-4+. The molecule has 0 bridgehead atoms. The highest BCUT2D eigenvalue weighted by molar-refractivity contribution is 5.10. The molecule has 1 heteroatoms. The Bertz CT molecular complexity index is 92.6. The lowest BCUT2D eigenvalue weighted by Gasteiger charge is -1.97. The van der Waals surface area contributed by atoms with E-state index >= 15 is 0 Å². The van der Waals surface area contributed by atoms with Crippen molar-refractivity contribution in [3.05, 3.63) is 24.4 Å². The van der Waals surface area contributed by atoms with E-state index in [0.717, 1.165) is 12.2 Å². The van der Waals surface area contributed by atoms with Gasteiger partial charge in [0.25, 0.3) is 0 Å². The first-order valence-corrected chi connectivity index (χ1v) is 2.86. The van der Waals surface area contributed by atoms with E-state index in [0.29, 0.717) is 0 Å². The van der Waals surface area contributed by atoms with Crippen molar-refractivity contribution in [2.75, 3.05) is 6.54 Å². The zero-order valence-electron chi connectivity index (χ0n) is 5.57. The van der Waals surface area contributed by atoms with Gasteiger partial charge in [-0.05, 0) is 19.9 Å². The molecular formula is C7H13N. The van der Waals surface area contributed by atoms with Gasteiger partial charge in [0.2, 0.25) is 0 Å². The maximum atomic E-state index is 3.74. The largest absolute Gasteiger partial charge is 0.386 e. The first kappa shape index (κ1) is 7.28. The Kier molecular flexibility index (Phi) is 4.04. The lowest BCUT2D eigenvalue weighted by molar-refractivity contribution is 0.882. The van der Waals surface area contributed by atoms with Crippen LogP contribution in [0, 0.1) is 0 Å². The molecule has 46 valence electrons. The zero-order chi connectivity index (χ0) is 6.41. The van der Waals surface area contributed by atoms with Gasteiger partial charge in [-0.1, -0.05) is 12.7 Å². The summed E-state index contributed by atoms with van der Waals surface area (Å²) in [6.45, 7) is 8.71. The van der Waals surface area contributed by atoms with Gasteiger partial charge in [0, 0.05) is 12.2 Å². The molecule has 0 aromatic carbocycles. The number of allylic oxidation sites excluding steroid dienone is 2. The Morgan fingerprint density at radius 2 is 2.38 bits per heavy atom. The molecule has 0 spiro atoms. The molecule has 0 rings (SSSR count). The molecule has 0 fully saturated rings. The number of nitrogens with one attached hydrogen (secondary N) is 1. The fraction of sp³-hybridized carbons (Fsp3) is 0.429. The second-order valence-electron chi connectivity index (χ2n) is 1.56. The number of likely N-dealkylation sites (N-methyl/N-ethyl adjacent to an activating group) is 1. The van der Waals surface area contributed by atoms with Crippen LogP contribution in [0.2, 0.25) is 0 Å². The third-order valence-electron chi connectivity index (χ3n) is 0.772. The fourth-order valence-electron chi connectivity index (χ4n) is 0.487. The summed E-state index contributed by atoms with van der Waals surface area (Å²) in [4.78, 5) is 0. The zero-order valence-corrected chi connectivity index (χ0v) is 5.57. The number of hydrogen-bond donors (Lipinski definition) is 1. The molecule has 0 radical (unpaired) electrons. The van der Waals surface area contributed by atoms with Gasteiger partial charge >= 0.3 is 0 Å². The molecule has 0 aromatic heterocycles. The Labute approximate surface area is 51.1 Å². The van der Waals surface area contributed by atoms with Crippen LogP contribution in [0.4, 0.5) is 0 Å². The van der Waals surface area contributed by atoms with Gasteiger partial charge in [-0.25, -0.2) is 0 Å². The Morgan fingerprint density at radius 3 is 2.75 bits per heavy atom. The Hall–Kier alpha value is -0.720. The Morgan fingerprint density at radius 1 is 1.75 bits per heavy atom. The third-order valence-corrected chi connectivity index (χ3v) is 0.772. The average Bonchev–Trinajstić information content (AvgIpc) is 1.68. The molecular weight excluding hydrogens is 98.1 g/mol. The van der Waals surface area contributed by atoms with E-state index in [9.17, 15) is 0 Å². The fourth-order valence-corrected chi connectivity index (χ4v) is 0.487. The van der Waals surface area contributed by atoms with Crippen molar-refractivity contribution >= 4 is 0 Å². The van der Waals surface area contributed by atoms with Crippen LogP contribution in [-0.2, 0) is 0 Å². The highest BCUT2D eigenvalue weighted by Crippen LogP contribution is 1.83. The number of hydrogen-bond acceptors (Lipinski definition) is 1. The lowest BCUT2D eigenvalue weighted by Crippen LogP contribution is -2.08. The van der Waals surface area contributed by atoms with Crippen molar-refractivity contribution in [3.63, 3.8) is 0 Å². The first-order chi connectivity index (χ1) is 3.81. The minimum atomic E-state index is 0.948. The SMILES string of the molecule is C=C(/C=C/C)NCC. The quantitative estimate of drug-likeness (QED) is 0.546. The molecule has 8 heavy (non-hydrogen) atoms. The monoisotopic (exact) mass is 111 g/mol. The smallest absolute Gasteiger partial charge is 0.0263 e. The summed E-state index contributed by atoms with van der Waals surface area (Å²) in [5.41, 5.74) is 0.981. The van der Waals surface area contributed by atoms with E-state index in [2.05, 4.69) is 18.8 Å². The number of rotatable bonds is 3. The summed E-state index contributed by atoms with van der Waals surface area (Å²) < 4.78 is 0. The molecule has 1 N–H and O–H groups in total.